The van der Waals surface area contributed by atoms with Crippen LogP contribution in [0.2, 0.25) is 0 Å². The lowest BCUT2D eigenvalue weighted by molar-refractivity contribution is -0.119. The predicted octanol–water partition coefficient (Wildman–Crippen LogP) is 0.667. The van der Waals surface area contributed by atoms with Crippen LogP contribution in [0, 0.1) is 0 Å². The number of amides is 1. The highest BCUT2D eigenvalue weighted by Crippen LogP contribution is 2.19. The number of primary amides is 1. The fourth-order valence-electron chi connectivity index (χ4n) is 1.40. The molecule has 0 saturated carbocycles. The Morgan fingerprint density at radius 3 is 2.88 bits per heavy atom. The summed E-state index contributed by atoms with van der Waals surface area (Å²) in [5.41, 5.74) is 6.07. The molecule has 1 rings (SSSR count). The zero-order chi connectivity index (χ0) is 12.7. The van der Waals surface area contributed by atoms with E-state index in [1.807, 2.05) is 11.8 Å². The first-order chi connectivity index (χ1) is 8.17. The molecular weight excluding hydrogens is 238 g/mol. The average Bonchev–Trinajstić information content (AvgIpc) is 2.72. The normalized spacial score (nSPS) is 10.8. The van der Waals surface area contributed by atoms with Gasteiger partial charge in [0, 0.05) is 24.6 Å². The van der Waals surface area contributed by atoms with Crippen LogP contribution in [0.1, 0.15) is 26.0 Å². The average molecular weight is 257 g/mol. The van der Waals surface area contributed by atoms with Gasteiger partial charge in [-0.15, -0.1) is 5.10 Å². The molecule has 1 heterocycles. The van der Waals surface area contributed by atoms with Gasteiger partial charge in [0.1, 0.15) is 10.7 Å². The first-order valence-electron chi connectivity index (χ1n) is 5.73. The Morgan fingerprint density at radius 2 is 2.29 bits per heavy atom. The fraction of sp³-hybridized carbons (Fsp3) is 0.700. The van der Waals surface area contributed by atoms with Gasteiger partial charge in [-0.3, -0.25) is 9.69 Å². The van der Waals surface area contributed by atoms with Gasteiger partial charge < -0.3 is 11.1 Å². The van der Waals surface area contributed by atoms with Crippen LogP contribution in [0.4, 0.5) is 5.00 Å². The first kappa shape index (κ1) is 13.9. The number of likely N-dealkylation sites (N-methyl/N-ethyl adjacent to an activating group) is 1. The highest BCUT2D eigenvalue weighted by atomic mass is 32.1. The largest absolute Gasteiger partial charge is 0.374 e. The minimum Gasteiger partial charge on any atom is -0.374 e. The maximum absolute atomic E-state index is 10.9. The smallest absolute Gasteiger partial charge is 0.231 e. The maximum Gasteiger partial charge on any atom is 0.231 e. The number of hydrogen-bond donors (Lipinski definition) is 2. The van der Waals surface area contributed by atoms with Crippen molar-refractivity contribution in [1.29, 1.82) is 0 Å². The van der Waals surface area contributed by atoms with E-state index in [2.05, 4.69) is 21.8 Å². The quantitative estimate of drug-likeness (QED) is 0.715. The van der Waals surface area contributed by atoms with Crippen LogP contribution in [0.3, 0.4) is 0 Å². The maximum atomic E-state index is 10.9. The summed E-state index contributed by atoms with van der Waals surface area (Å²) in [5, 5.41) is 8.33. The molecule has 7 heteroatoms. The summed E-state index contributed by atoms with van der Waals surface area (Å²) in [6.07, 6.45) is 1.05. The molecule has 0 unspecified atom stereocenters. The molecule has 0 fully saturated rings. The second-order valence-electron chi connectivity index (χ2n) is 3.75. The van der Waals surface area contributed by atoms with Crippen LogP contribution < -0.4 is 11.1 Å². The summed E-state index contributed by atoms with van der Waals surface area (Å²) in [7, 11) is 0. The molecule has 96 valence electrons. The highest BCUT2D eigenvalue weighted by molar-refractivity contribution is 7.10. The molecular formula is C10H19N5OS. The lowest BCUT2D eigenvalue weighted by Crippen LogP contribution is -2.33. The molecule has 0 saturated heterocycles. The van der Waals surface area contributed by atoms with Crippen molar-refractivity contribution in [2.45, 2.75) is 26.8 Å². The van der Waals surface area contributed by atoms with Crippen molar-refractivity contribution in [3.8, 4) is 0 Å². The van der Waals surface area contributed by atoms with Gasteiger partial charge in [0.25, 0.3) is 0 Å². The molecule has 0 atom stereocenters. The number of anilines is 1. The monoisotopic (exact) mass is 257 g/mol. The number of rotatable bonds is 8. The third-order valence-electron chi connectivity index (χ3n) is 2.29. The second kappa shape index (κ2) is 7.18. The summed E-state index contributed by atoms with van der Waals surface area (Å²) in [4.78, 5) is 12.8. The van der Waals surface area contributed by atoms with Gasteiger partial charge in [0.2, 0.25) is 5.91 Å². The summed E-state index contributed by atoms with van der Waals surface area (Å²) in [5.74, 6) is -0.321. The first-order valence-corrected chi connectivity index (χ1v) is 6.50. The van der Waals surface area contributed by atoms with Crippen LogP contribution in [-0.4, -0.2) is 40.0 Å². The molecule has 0 spiro atoms. The molecule has 1 aromatic heterocycles. The van der Waals surface area contributed by atoms with Crippen molar-refractivity contribution in [1.82, 2.24) is 14.5 Å². The number of nitrogens with one attached hydrogen (secondary N) is 1. The molecule has 3 N–H and O–H groups in total. The van der Waals surface area contributed by atoms with Crippen molar-refractivity contribution in [3.05, 3.63) is 5.69 Å². The Balaban J connectivity index is 2.59. The highest BCUT2D eigenvalue weighted by Gasteiger charge is 2.13. The van der Waals surface area contributed by atoms with Crippen LogP contribution in [0.5, 0.6) is 0 Å². The summed E-state index contributed by atoms with van der Waals surface area (Å²) < 4.78 is 3.93. The standard InChI is InChI=1S/C10H19N5OS/c1-3-5-12-10-8(13-14-17-10)6-15(4-2)7-9(11)16/h12H,3-7H2,1-2H3,(H2,11,16). The molecule has 6 nitrogen and oxygen atoms in total. The molecule has 1 amide bonds. The van der Waals surface area contributed by atoms with Crippen molar-refractivity contribution >= 4 is 22.4 Å². The zero-order valence-corrected chi connectivity index (χ0v) is 11.1. The van der Waals surface area contributed by atoms with Gasteiger partial charge in [-0.1, -0.05) is 18.3 Å². The molecule has 17 heavy (non-hydrogen) atoms. The van der Waals surface area contributed by atoms with Crippen LogP contribution in [-0.2, 0) is 11.3 Å². The number of nitrogens with two attached hydrogens (primary N) is 1. The van der Waals surface area contributed by atoms with Crippen molar-refractivity contribution in [3.63, 3.8) is 0 Å². The van der Waals surface area contributed by atoms with Crippen LogP contribution in [0.15, 0.2) is 0 Å². The van der Waals surface area contributed by atoms with Crippen molar-refractivity contribution < 1.29 is 4.79 Å². The van der Waals surface area contributed by atoms with E-state index in [1.165, 1.54) is 11.5 Å². The number of nitrogens with zero attached hydrogens (tertiary/aromatic N) is 3. The lowest BCUT2D eigenvalue weighted by atomic mass is 10.3. The van der Waals surface area contributed by atoms with Crippen LogP contribution in [0.25, 0.3) is 0 Å². The van der Waals surface area contributed by atoms with Gasteiger partial charge in [0.15, 0.2) is 0 Å². The number of aromatic nitrogens is 2. The van der Waals surface area contributed by atoms with E-state index in [4.69, 9.17) is 5.73 Å². The third kappa shape index (κ3) is 4.66. The minimum atomic E-state index is -0.321. The number of carbonyl (C=O) groups is 1. The molecule has 0 bridgehead atoms. The van der Waals surface area contributed by atoms with E-state index in [0.717, 1.165) is 30.2 Å². The minimum absolute atomic E-state index is 0.251. The van der Waals surface area contributed by atoms with E-state index in [-0.39, 0.29) is 12.5 Å². The fourth-order valence-corrected chi connectivity index (χ4v) is 1.99. The van der Waals surface area contributed by atoms with Gasteiger partial charge in [-0.05, 0) is 13.0 Å². The van der Waals surface area contributed by atoms with Crippen molar-refractivity contribution in [2.24, 2.45) is 5.73 Å². The van der Waals surface area contributed by atoms with E-state index >= 15 is 0 Å². The Labute approximate surface area is 105 Å². The third-order valence-corrected chi connectivity index (χ3v) is 3.02. The molecule has 1 aromatic rings. The summed E-state index contributed by atoms with van der Waals surface area (Å²) >= 11 is 1.35. The summed E-state index contributed by atoms with van der Waals surface area (Å²) in [6.45, 7) is 6.60. The summed E-state index contributed by atoms with van der Waals surface area (Å²) in [6, 6.07) is 0. The van der Waals surface area contributed by atoms with Crippen LogP contribution >= 0.6 is 11.5 Å². The van der Waals surface area contributed by atoms with Gasteiger partial charge in [-0.25, -0.2) is 0 Å². The number of hydrogen-bond acceptors (Lipinski definition) is 6. The Bertz CT molecular complexity index is 354. The Morgan fingerprint density at radius 1 is 1.53 bits per heavy atom. The van der Waals surface area contributed by atoms with Crippen molar-refractivity contribution in [2.75, 3.05) is 25.0 Å². The zero-order valence-electron chi connectivity index (χ0n) is 10.3. The van der Waals surface area contributed by atoms with E-state index in [1.54, 1.807) is 0 Å². The second-order valence-corrected chi connectivity index (χ2v) is 4.50. The van der Waals surface area contributed by atoms with E-state index in [9.17, 15) is 4.79 Å². The van der Waals surface area contributed by atoms with Gasteiger partial charge in [-0.2, -0.15) is 0 Å². The molecule has 0 aliphatic carbocycles. The van der Waals surface area contributed by atoms with Gasteiger partial charge in [0.05, 0.1) is 6.54 Å². The lowest BCUT2D eigenvalue weighted by Gasteiger charge is -2.17. The SMILES string of the molecule is CCCNc1snnc1CN(CC)CC(N)=O. The molecule has 0 aliphatic rings. The number of carbonyl (C=O) groups excluding carboxylic acids is 1. The van der Waals surface area contributed by atoms with Gasteiger partial charge >= 0.3 is 0 Å². The molecule has 0 radical (unpaired) electrons. The topological polar surface area (TPSA) is 84.1 Å². The van der Waals surface area contributed by atoms with E-state index in [0.29, 0.717) is 6.54 Å². The molecule has 0 aliphatic heterocycles. The van der Waals surface area contributed by atoms with E-state index < -0.39 is 0 Å². The Hall–Kier alpha value is -1.21. The molecule has 0 aromatic carbocycles. The predicted molar refractivity (Wildman–Crippen MR) is 68.8 cm³/mol. The Kier molecular flexibility index (Phi) is 5.85.